The molecule has 1 heterocycles. The lowest BCUT2D eigenvalue weighted by Gasteiger charge is -2.26. The average molecular weight is 363 g/mol. The second-order valence-corrected chi connectivity index (χ2v) is 6.72. The number of rotatable bonds is 9. The molecule has 26 heavy (non-hydrogen) atoms. The van der Waals surface area contributed by atoms with Crippen molar-refractivity contribution in [2.24, 2.45) is 0 Å². The molecule has 1 saturated heterocycles. The second kappa shape index (κ2) is 10.3. The van der Waals surface area contributed by atoms with Crippen molar-refractivity contribution in [1.82, 2.24) is 10.2 Å². The van der Waals surface area contributed by atoms with Crippen LogP contribution in [0, 0.1) is 13.8 Å². The Kier molecular flexibility index (Phi) is 8.03. The van der Waals surface area contributed by atoms with E-state index < -0.39 is 12.0 Å². The van der Waals surface area contributed by atoms with Crippen LogP contribution >= 0.6 is 0 Å². The van der Waals surface area contributed by atoms with Crippen molar-refractivity contribution in [3.05, 3.63) is 29.3 Å². The maximum atomic E-state index is 12.2. The molecule has 0 aromatic heterocycles. The highest BCUT2D eigenvalue weighted by atomic mass is 16.5. The highest BCUT2D eigenvalue weighted by molar-refractivity contribution is 5.94. The molecular weight excluding hydrogens is 334 g/mol. The number of morpholine rings is 1. The fourth-order valence-electron chi connectivity index (χ4n) is 2.99. The highest BCUT2D eigenvalue weighted by Gasteiger charge is 2.21. The van der Waals surface area contributed by atoms with E-state index in [9.17, 15) is 14.7 Å². The van der Waals surface area contributed by atoms with E-state index in [1.807, 2.05) is 32.0 Å². The summed E-state index contributed by atoms with van der Waals surface area (Å²) in [6, 6.07) is 4.86. The van der Waals surface area contributed by atoms with Crippen LogP contribution in [0.2, 0.25) is 0 Å². The number of hydrogen-bond acceptors (Lipinski definition) is 5. The largest absolute Gasteiger partial charge is 0.480 e. The van der Waals surface area contributed by atoms with Crippen LogP contribution in [0.1, 0.15) is 24.0 Å². The van der Waals surface area contributed by atoms with Crippen LogP contribution in [-0.4, -0.2) is 67.3 Å². The number of aliphatic carboxylic acids is 1. The van der Waals surface area contributed by atoms with Gasteiger partial charge in [-0.15, -0.1) is 0 Å². The normalized spacial score (nSPS) is 16.2. The molecule has 1 amide bonds. The van der Waals surface area contributed by atoms with Crippen LogP contribution in [0.4, 0.5) is 5.69 Å². The lowest BCUT2D eigenvalue weighted by Crippen LogP contribution is -2.42. The molecule has 3 N–H and O–H groups in total. The Morgan fingerprint density at radius 3 is 2.65 bits per heavy atom. The molecule has 1 aromatic carbocycles. The van der Waals surface area contributed by atoms with Crippen LogP contribution in [0.25, 0.3) is 0 Å². The molecule has 0 aliphatic carbocycles. The van der Waals surface area contributed by atoms with Crippen molar-refractivity contribution in [2.75, 3.05) is 44.7 Å². The van der Waals surface area contributed by atoms with E-state index in [2.05, 4.69) is 15.5 Å². The number of nitrogens with one attached hydrogen (secondary N) is 2. The zero-order chi connectivity index (χ0) is 18.9. The molecule has 0 radical (unpaired) electrons. The first-order chi connectivity index (χ1) is 12.5. The number of carboxylic acid groups (broad SMARTS) is 1. The van der Waals surface area contributed by atoms with Gasteiger partial charge < -0.3 is 20.5 Å². The predicted molar refractivity (Wildman–Crippen MR) is 100 cm³/mol. The van der Waals surface area contributed by atoms with Gasteiger partial charge in [0.15, 0.2) is 0 Å². The molecule has 1 aromatic rings. The molecule has 1 aliphatic heterocycles. The summed E-state index contributed by atoms with van der Waals surface area (Å²) in [5.41, 5.74) is 2.80. The first-order valence-electron chi connectivity index (χ1n) is 9.09. The topological polar surface area (TPSA) is 90.9 Å². The van der Waals surface area contributed by atoms with E-state index in [1.165, 1.54) is 0 Å². The Hall–Kier alpha value is -1.96. The number of anilines is 1. The fourth-order valence-corrected chi connectivity index (χ4v) is 2.99. The molecular formula is C19H29N3O4. The molecule has 7 nitrogen and oxygen atoms in total. The Labute approximate surface area is 154 Å². The molecule has 2 rings (SSSR count). The summed E-state index contributed by atoms with van der Waals surface area (Å²) in [6.07, 6.45) is 0.739. The van der Waals surface area contributed by atoms with Crippen LogP contribution < -0.4 is 10.6 Å². The van der Waals surface area contributed by atoms with Gasteiger partial charge in [0.1, 0.15) is 6.04 Å². The lowest BCUT2D eigenvalue weighted by atomic mass is 10.1. The van der Waals surface area contributed by atoms with Crippen LogP contribution in [0.3, 0.4) is 0 Å². The summed E-state index contributed by atoms with van der Waals surface area (Å²) >= 11 is 0. The van der Waals surface area contributed by atoms with E-state index in [-0.39, 0.29) is 12.3 Å². The summed E-state index contributed by atoms with van der Waals surface area (Å²) < 4.78 is 5.30. The van der Waals surface area contributed by atoms with Gasteiger partial charge in [0.25, 0.3) is 0 Å². The SMILES string of the molecule is Cc1ccc(NC(=O)CC(NCCCN2CCOCC2)C(=O)O)c(C)c1. The zero-order valence-electron chi connectivity index (χ0n) is 15.6. The third kappa shape index (κ3) is 6.74. The summed E-state index contributed by atoms with van der Waals surface area (Å²) in [7, 11) is 0. The number of carbonyl (C=O) groups excluding carboxylic acids is 1. The molecule has 1 aliphatic rings. The van der Waals surface area contributed by atoms with Crippen LogP contribution in [0.5, 0.6) is 0 Å². The Balaban J connectivity index is 1.75. The quantitative estimate of drug-likeness (QED) is 0.575. The minimum atomic E-state index is -1.01. The van der Waals surface area contributed by atoms with Gasteiger partial charge in [-0.05, 0) is 45.0 Å². The van der Waals surface area contributed by atoms with Crippen molar-refractivity contribution in [1.29, 1.82) is 0 Å². The average Bonchev–Trinajstić information content (AvgIpc) is 2.61. The number of carbonyl (C=O) groups is 2. The van der Waals surface area contributed by atoms with Crippen molar-refractivity contribution in [3.63, 3.8) is 0 Å². The number of ether oxygens (including phenoxy) is 1. The van der Waals surface area contributed by atoms with Crippen molar-refractivity contribution in [2.45, 2.75) is 32.7 Å². The van der Waals surface area contributed by atoms with E-state index in [0.29, 0.717) is 6.54 Å². The molecule has 0 saturated carbocycles. The standard InChI is InChI=1S/C19H29N3O4/c1-14-4-5-16(15(2)12-14)21-18(23)13-17(19(24)25)20-6-3-7-22-8-10-26-11-9-22/h4-5,12,17,20H,3,6-11,13H2,1-2H3,(H,21,23)(H,24,25). The van der Waals surface area contributed by atoms with Crippen molar-refractivity contribution in [3.8, 4) is 0 Å². The van der Waals surface area contributed by atoms with Crippen molar-refractivity contribution >= 4 is 17.6 Å². The first-order valence-corrected chi connectivity index (χ1v) is 9.09. The maximum Gasteiger partial charge on any atom is 0.321 e. The molecule has 1 atom stereocenters. The van der Waals surface area contributed by atoms with Crippen LogP contribution in [0.15, 0.2) is 18.2 Å². The summed E-state index contributed by atoms with van der Waals surface area (Å²) in [5.74, 6) is -1.31. The fraction of sp³-hybridized carbons (Fsp3) is 0.579. The maximum absolute atomic E-state index is 12.2. The van der Waals surface area contributed by atoms with Gasteiger partial charge in [-0.2, -0.15) is 0 Å². The van der Waals surface area contributed by atoms with E-state index in [1.54, 1.807) is 0 Å². The van der Waals surface area contributed by atoms with Gasteiger partial charge >= 0.3 is 5.97 Å². The Morgan fingerprint density at radius 1 is 1.27 bits per heavy atom. The van der Waals surface area contributed by atoms with Crippen LogP contribution in [-0.2, 0) is 14.3 Å². The lowest BCUT2D eigenvalue weighted by molar-refractivity contribution is -0.141. The van der Waals surface area contributed by atoms with Gasteiger partial charge in [0.05, 0.1) is 19.6 Å². The zero-order valence-corrected chi connectivity index (χ0v) is 15.6. The van der Waals surface area contributed by atoms with E-state index in [4.69, 9.17) is 4.74 Å². The number of amides is 1. The smallest absolute Gasteiger partial charge is 0.321 e. The molecule has 0 bridgehead atoms. The van der Waals surface area contributed by atoms with Gasteiger partial charge in [-0.3, -0.25) is 14.5 Å². The number of hydrogen-bond donors (Lipinski definition) is 3. The summed E-state index contributed by atoms with van der Waals surface area (Å²) in [6.45, 7) is 8.71. The van der Waals surface area contributed by atoms with Gasteiger partial charge in [-0.25, -0.2) is 0 Å². The number of benzene rings is 1. The monoisotopic (exact) mass is 363 g/mol. The molecule has 144 valence electrons. The number of nitrogens with zero attached hydrogens (tertiary/aromatic N) is 1. The molecule has 0 spiro atoms. The minimum absolute atomic E-state index is 0.0970. The van der Waals surface area contributed by atoms with Crippen molar-refractivity contribution < 1.29 is 19.4 Å². The molecule has 1 unspecified atom stereocenters. The predicted octanol–water partition coefficient (Wildman–Crippen LogP) is 1.40. The Bertz CT molecular complexity index is 615. The van der Waals surface area contributed by atoms with E-state index in [0.717, 1.165) is 56.1 Å². The van der Waals surface area contributed by atoms with Gasteiger partial charge in [0.2, 0.25) is 5.91 Å². The molecule has 7 heteroatoms. The van der Waals surface area contributed by atoms with E-state index >= 15 is 0 Å². The third-order valence-corrected chi connectivity index (χ3v) is 4.49. The van der Waals surface area contributed by atoms with Gasteiger partial charge in [-0.1, -0.05) is 17.7 Å². The summed E-state index contributed by atoms with van der Waals surface area (Å²) in [4.78, 5) is 25.9. The summed E-state index contributed by atoms with van der Waals surface area (Å²) in [5, 5.41) is 15.1. The number of aryl methyl sites for hydroxylation is 2. The third-order valence-electron chi connectivity index (χ3n) is 4.49. The second-order valence-electron chi connectivity index (χ2n) is 6.72. The van der Waals surface area contributed by atoms with Gasteiger partial charge in [0, 0.05) is 18.8 Å². The molecule has 1 fully saturated rings. The minimum Gasteiger partial charge on any atom is -0.480 e. The first kappa shape index (κ1) is 20.4. The highest BCUT2D eigenvalue weighted by Crippen LogP contribution is 2.16. The Morgan fingerprint density at radius 2 is 2.00 bits per heavy atom. The number of carboxylic acids is 1.